The van der Waals surface area contributed by atoms with Gasteiger partial charge in [-0.2, -0.15) is 0 Å². The quantitative estimate of drug-likeness (QED) is 0.0757. The van der Waals surface area contributed by atoms with E-state index in [0.29, 0.717) is 28.9 Å². The van der Waals surface area contributed by atoms with Gasteiger partial charge in [0.2, 0.25) is 0 Å². The first-order valence-corrected chi connectivity index (χ1v) is 18.2. The number of benzene rings is 5. The maximum Gasteiger partial charge on any atom is 0.411 e. The fourth-order valence-corrected chi connectivity index (χ4v) is 7.44. The molecule has 266 valence electrons. The molecule has 1 aliphatic rings. The molecule has 2 heterocycles. The van der Waals surface area contributed by atoms with Gasteiger partial charge in [0.15, 0.2) is 0 Å². The highest BCUT2D eigenvalue weighted by Crippen LogP contribution is 2.32. The van der Waals surface area contributed by atoms with E-state index in [9.17, 15) is 19.8 Å². The summed E-state index contributed by atoms with van der Waals surface area (Å²) in [5, 5.41) is 30.4. The Bertz CT molecular complexity index is 2160. The van der Waals surface area contributed by atoms with E-state index < -0.39 is 12.2 Å². The molecule has 10 nitrogen and oxygen atoms in total. The minimum Gasteiger partial charge on any atom is -0.506 e. The zero-order chi connectivity index (χ0) is 35.9. The van der Waals surface area contributed by atoms with Crippen molar-refractivity contribution in [1.82, 2.24) is 15.2 Å². The normalized spacial score (nSPS) is 14.2. The molecule has 6 N–H and O–H groups in total. The molecule has 1 unspecified atom stereocenters. The number of hydrogen-bond donors (Lipinski definition) is 6. The van der Waals surface area contributed by atoms with Crippen molar-refractivity contribution < 1.29 is 19.7 Å². The molecule has 1 atom stereocenters. The summed E-state index contributed by atoms with van der Waals surface area (Å²) in [6.45, 7) is 3.41. The molecule has 1 aromatic heterocycles. The Kier molecular flexibility index (Phi) is 10.9. The third-order valence-electron chi connectivity index (χ3n) is 9.27. The van der Waals surface area contributed by atoms with E-state index in [0.717, 1.165) is 77.6 Å². The van der Waals surface area contributed by atoms with Crippen LogP contribution in [0.3, 0.4) is 0 Å². The molecular formula is C41H41N5O5S. The molecule has 6 aromatic rings. The number of aliphatic hydroxyl groups is 1. The van der Waals surface area contributed by atoms with Gasteiger partial charge in [-0.1, -0.05) is 90.2 Å². The Morgan fingerprint density at radius 1 is 0.865 bits per heavy atom. The summed E-state index contributed by atoms with van der Waals surface area (Å²) in [5.41, 5.74) is 7.96. The van der Waals surface area contributed by atoms with Crippen molar-refractivity contribution in [1.29, 1.82) is 0 Å². The van der Waals surface area contributed by atoms with Gasteiger partial charge in [0.25, 0.3) is 0 Å². The lowest BCUT2D eigenvalue weighted by atomic mass is 10.0. The molecule has 1 aliphatic heterocycles. The molecule has 1 amide bonds. The second-order valence-electron chi connectivity index (χ2n) is 13.0. The van der Waals surface area contributed by atoms with Crippen LogP contribution in [0, 0.1) is 0 Å². The number of H-pyrrole nitrogens is 1. The average molecular weight is 716 g/mol. The van der Waals surface area contributed by atoms with Crippen LogP contribution >= 0.6 is 11.3 Å². The number of phenolic OH excluding ortho intramolecular Hbond substituents is 1. The molecule has 0 bridgehead atoms. The van der Waals surface area contributed by atoms with Crippen molar-refractivity contribution in [2.45, 2.75) is 38.1 Å². The highest BCUT2D eigenvalue weighted by atomic mass is 32.1. The highest BCUT2D eigenvalue weighted by molar-refractivity contribution is 7.16. The maximum atomic E-state index is 12.8. The summed E-state index contributed by atoms with van der Waals surface area (Å²) < 4.78 is 6.38. The van der Waals surface area contributed by atoms with Crippen molar-refractivity contribution in [3.05, 3.63) is 142 Å². The van der Waals surface area contributed by atoms with E-state index in [1.807, 2.05) is 78.9 Å². The molecule has 52 heavy (non-hydrogen) atoms. The molecule has 1 saturated heterocycles. The number of aliphatic hydroxyl groups excluding tert-OH is 1. The minimum absolute atomic E-state index is 0.00791. The number of thiazole rings is 1. The first-order valence-electron chi connectivity index (χ1n) is 17.4. The van der Waals surface area contributed by atoms with Crippen LogP contribution in [0.4, 0.5) is 21.9 Å². The zero-order valence-corrected chi connectivity index (χ0v) is 29.4. The fraction of sp³-hybridized carbons (Fsp3) is 0.220. The number of nitrogens with zero attached hydrogens (tertiary/aromatic N) is 1. The predicted octanol–water partition coefficient (Wildman–Crippen LogP) is 7.74. The van der Waals surface area contributed by atoms with Crippen LogP contribution in [0.5, 0.6) is 5.75 Å². The monoisotopic (exact) mass is 715 g/mol. The summed E-state index contributed by atoms with van der Waals surface area (Å²) in [6, 6.07) is 37.5. The van der Waals surface area contributed by atoms with Gasteiger partial charge >= 0.3 is 11.0 Å². The molecule has 0 aliphatic carbocycles. The van der Waals surface area contributed by atoms with Gasteiger partial charge < -0.3 is 30.6 Å². The summed E-state index contributed by atoms with van der Waals surface area (Å²) in [7, 11) is 0. The van der Waals surface area contributed by atoms with Crippen LogP contribution < -0.4 is 20.8 Å². The van der Waals surface area contributed by atoms with Gasteiger partial charge in [-0.3, -0.25) is 15.0 Å². The zero-order valence-electron chi connectivity index (χ0n) is 28.5. The van der Waals surface area contributed by atoms with Gasteiger partial charge in [0.1, 0.15) is 17.4 Å². The van der Waals surface area contributed by atoms with Crippen molar-refractivity contribution in [2.75, 3.05) is 30.3 Å². The summed E-state index contributed by atoms with van der Waals surface area (Å²) >= 11 is 0.980. The number of hydrogen-bond acceptors (Lipinski definition) is 9. The van der Waals surface area contributed by atoms with Gasteiger partial charge in [-0.05, 0) is 65.9 Å². The van der Waals surface area contributed by atoms with Crippen LogP contribution in [0.25, 0.3) is 21.3 Å². The molecule has 0 saturated carbocycles. The number of aromatic hydroxyl groups is 1. The minimum atomic E-state index is -0.827. The first-order chi connectivity index (χ1) is 25.4. The number of rotatable bonds is 12. The number of aromatic nitrogens is 1. The van der Waals surface area contributed by atoms with Crippen molar-refractivity contribution in [3.63, 3.8) is 0 Å². The van der Waals surface area contributed by atoms with E-state index >= 15 is 0 Å². The average Bonchev–Trinajstić information content (AvgIpc) is 3.57. The Hall–Kier alpha value is -5.46. The van der Waals surface area contributed by atoms with Gasteiger partial charge in [-0.25, -0.2) is 4.79 Å². The number of carbonyl (C=O) groups is 1. The van der Waals surface area contributed by atoms with E-state index in [4.69, 9.17) is 4.74 Å². The van der Waals surface area contributed by atoms with Crippen molar-refractivity contribution >= 4 is 44.7 Å². The number of ether oxygens (including phenoxy) is 1. The number of fused-ring (bicyclic) bond motifs is 1. The van der Waals surface area contributed by atoms with Crippen LogP contribution in [-0.4, -0.2) is 51.9 Å². The lowest BCUT2D eigenvalue weighted by Crippen LogP contribution is -2.38. The molecule has 5 aromatic carbocycles. The number of nitrogens with one attached hydrogen (secondary N) is 4. The SMILES string of the molecule is O=C(Nc1ccccc1-c1ccccc1)OC1CCN(Cc2ccc(Nc3ccc(CNCC(O)c4ccc(O)c5[nH]c(=O)sc45)cc3)cc2)CC1. The Labute approximate surface area is 305 Å². The number of likely N-dealkylation sites (tertiary alicyclic amines) is 1. The standard InChI is InChI=1S/C41H41N5O5S/c47-36-19-18-34(39-38(36)45-41(50)52-39)37(48)25-42-24-27-10-14-30(15-11-27)43-31-16-12-28(13-17-31)26-46-22-20-32(21-23-46)51-40(49)44-35-9-5-4-8-33(35)29-6-2-1-3-7-29/h1-19,32,37,42-43,47-48H,20-26H2,(H,44,49)(H,45,50). The number of para-hydroxylation sites is 1. The molecule has 11 heteroatoms. The Balaban J connectivity index is 0.828. The summed E-state index contributed by atoms with van der Waals surface area (Å²) in [5.74, 6) is -0.00791. The van der Waals surface area contributed by atoms with E-state index in [1.165, 1.54) is 11.6 Å². The van der Waals surface area contributed by atoms with E-state index in [1.54, 1.807) is 6.07 Å². The van der Waals surface area contributed by atoms with Gasteiger partial charge in [-0.15, -0.1) is 0 Å². The number of carbonyl (C=O) groups excluding carboxylic acids is 1. The Morgan fingerprint density at radius 3 is 2.27 bits per heavy atom. The number of anilines is 3. The van der Waals surface area contributed by atoms with Crippen molar-refractivity contribution in [2.24, 2.45) is 0 Å². The lowest BCUT2D eigenvalue weighted by molar-refractivity contribution is 0.0567. The largest absolute Gasteiger partial charge is 0.506 e. The van der Waals surface area contributed by atoms with Crippen LogP contribution in [0.2, 0.25) is 0 Å². The second kappa shape index (κ2) is 16.3. The van der Waals surface area contributed by atoms with Crippen LogP contribution in [0.1, 0.15) is 35.6 Å². The summed E-state index contributed by atoms with van der Waals surface area (Å²) in [4.78, 5) is 29.3. The highest BCUT2D eigenvalue weighted by Gasteiger charge is 2.23. The first kappa shape index (κ1) is 35.0. The third kappa shape index (κ3) is 8.70. The van der Waals surface area contributed by atoms with E-state index in [2.05, 4.69) is 50.1 Å². The number of aromatic amines is 1. The van der Waals surface area contributed by atoms with Crippen LogP contribution in [0.15, 0.2) is 120 Å². The predicted molar refractivity (Wildman–Crippen MR) is 207 cm³/mol. The van der Waals surface area contributed by atoms with Crippen LogP contribution in [-0.2, 0) is 17.8 Å². The van der Waals surface area contributed by atoms with Gasteiger partial charge in [0, 0.05) is 55.2 Å². The fourth-order valence-electron chi connectivity index (χ4n) is 6.53. The van der Waals surface area contributed by atoms with Crippen molar-refractivity contribution in [3.8, 4) is 16.9 Å². The summed E-state index contributed by atoms with van der Waals surface area (Å²) in [6.07, 6.45) is 0.222. The maximum absolute atomic E-state index is 12.8. The van der Waals surface area contributed by atoms with Gasteiger partial charge in [0.05, 0.1) is 16.5 Å². The molecule has 0 radical (unpaired) electrons. The van der Waals surface area contributed by atoms with E-state index in [-0.39, 0.29) is 16.7 Å². The lowest BCUT2D eigenvalue weighted by Gasteiger charge is -2.31. The smallest absolute Gasteiger partial charge is 0.411 e. The third-order valence-corrected chi connectivity index (χ3v) is 10.2. The molecule has 7 rings (SSSR count). The molecule has 1 fully saturated rings. The number of piperidine rings is 1. The molecule has 0 spiro atoms. The molecular weight excluding hydrogens is 675 g/mol. The number of amides is 1. The number of phenols is 1. The second-order valence-corrected chi connectivity index (χ2v) is 14.0. The topological polar surface area (TPSA) is 139 Å². The Morgan fingerprint density at radius 2 is 1.54 bits per heavy atom.